The molecule has 0 saturated carbocycles. The molecule has 0 saturated heterocycles. The van der Waals surface area contributed by atoms with Gasteiger partial charge in [-0.2, -0.15) is 0 Å². The first-order valence-corrected chi connectivity index (χ1v) is 6.47. The average molecular weight is 310 g/mol. The van der Waals surface area contributed by atoms with Crippen molar-refractivity contribution in [1.29, 1.82) is 0 Å². The maximum absolute atomic E-state index is 14.0. The monoisotopic (exact) mass is 309 g/mol. The normalized spacial score (nSPS) is 13.3. The number of hydrogen-bond donors (Lipinski definition) is 1. The fraction of sp³-hybridized carbons (Fsp3) is 0.143. The molecule has 0 aliphatic carbocycles. The van der Waals surface area contributed by atoms with Crippen molar-refractivity contribution in [3.8, 4) is 11.1 Å². The molecule has 0 atom stereocenters. The first-order valence-electron chi connectivity index (χ1n) is 5.67. The van der Waals surface area contributed by atoms with Gasteiger partial charge in [0.1, 0.15) is 11.6 Å². The summed E-state index contributed by atoms with van der Waals surface area (Å²) in [5, 5.41) is 3.22. The molecule has 1 N–H and O–H groups in total. The van der Waals surface area contributed by atoms with Gasteiger partial charge in [0.05, 0.1) is 10.0 Å². The number of nitrogens with one attached hydrogen (secondary N) is 1. The van der Waals surface area contributed by atoms with Crippen LogP contribution in [0.2, 0.25) is 0 Å². The Bertz CT molecular complexity index is 625. The summed E-state index contributed by atoms with van der Waals surface area (Å²) < 4.78 is 28.1. The quantitative estimate of drug-likeness (QED) is 0.772. The molecule has 0 radical (unpaired) electrons. The molecule has 3 rings (SSSR count). The molecule has 4 heteroatoms. The standard InChI is InChI=1S/C14H10BrF2N/c15-10-2-3-11(16)13(14(10)17)9-1-4-12-8(7-9)5-6-18-12/h1-4,7,18H,5-6H2. The molecule has 0 amide bonds. The SMILES string of the molecule is Fc1ccc(Br)c(F)c1-c1ccc2c(c1)CCN2. The van der Waals surface area contributed by atoms with E-state index in [4.69, 9.17) is 0 Å². The Kier molecular flexibility index (Phi) is 2.82. The molecule has 2 aromatic rings. The van der Waals surface area contributed by atoms with Crippen LogP contribution in [0.3, 0.4) is 0 Å². The van der Waals surface area contributed by atoms with Crippen molar-refractivity contribution in [2.75, 3.05) is 11.9 Å². The molecular weight excluding hydrogens is 300 g/mol. The van der Waals surface area contributed by atoms with Crippen molar-refractivity contribution in [2.24, 2.45) is 0 Å². The smallest absolute Gasteiger partial charge is 0.148 e. The minimum absolute atomic E-state index is 0.0269. The third kappa shape index (κ3) is 1.81. The van der Waals surface area contributed by atoms with E-state index in [1.54, 1.807) is 6.07 Å². The predicted octanol–water partition coefficient (Wildman–Crippen LogP) is 4.36. The van der Waals surface area contributed by atoms with Gasteiger partial charge in [0.2, 0.25) is 0 Å². The highest BCUT2D eigenvalue weighted by molar-refractivity contribution is 9.10. The Labute approximate surface area is 112 Å². The molecule has 1 aliphatic rings. The van der Waals surface area contributed by atoms with Crippen molar-refractivity contribution in [3.05, 3.63) is 52.0 Å². The zero-order valence-corrected chi connectivity index (χ0v) is 11.0. The van der Waals surface area contributed by atoms with Gasteiger partial charge in [-0.25, -0.2) is 8.78 Å². The van der Waals surface area contributed by atoms with E-state index in [2.05, 4.69) is 21.2 Å². The number of benzene rings is 2. The highest BCUT2D eigenvalue weighted by Crippen LogP contribution is 2.34. The first-order chi connectivity index (χ1) is 8.66. The highest BCUT2D eigenvalue weighted by Gasteiger charge is 2.17. The third-order valence-corrected chi connectivity index (χ3v) is 3.76. The Hall–Kier alpha value is -1.42. The van der Waals surface area contributed by atoms with E-state index < -0.39 is 11.6 Å². The van der Waals surface area contributed by atoms with Crippen molar-refractivity contribution in [2.45, 2.75) is 6.42 Å². The van der Waals surface area contributed by atoms with E-state index in [1.165, 1.54) is 12.1 Å². The average Bonchev–Trinajstić information content (AvgIpc) is 2.82. The zero-order chi connectivity index (χ0) is 12.7. The van der Waals surface area contributed by atoms with E-state index in [0.717, 1.165) is 24.2 Å². The lowest BCUT2D eigenvalue weighted by Gasteiger charge is -2.08. The van der Waals surface area contributed by atoms with E-state index >= 15 is 0 Å². The molecule has 2 aromatic carbocycles. The van der Waals surface area contributed by atoms with Crippen molar-refractivity contribution in [3.63, 3.8) is 0 Å². The van der Waals surface area contributed by atoms with Gasteiger partial charge in [0.25, 0.3) is 0 Å². The van der Waals surface area contributed by atoms with Crippen LogP contribution in [0.25, 0.3) is 11.1 Å². The summed E-state index contributed by atoms with van der Waals surface area (Å²) in [5.74, 6) is -1.09. The number of halogens is 3. The number of hydrogen-bond acceptors (Lipinski definition) is 1. The third-order valence-electron chi connectivity index (χ3n) is 3.15. The maximum Gasteiger partial charge on any atom is 0.148 e. The van der Waals surface area contributed by atoms with Gasteiger partial charge in [-0.3, -0.25) is 0 Å². The summed E-state index contributed by atoms with van der Waals surface area (Å²) in [7, 11) is 0. The maximum atomic E-state index is 14.0. The van der Waals surface area contributed by atoms with Gasteiger partial charge in [-0.05, 0) is 57.7 Å². The Morgan fingerprint density at radius 2 is 1.94 bits per heavy atom. The van der Waals surface area contributed by atoms with Crippen LogP contribution in [0, 0.1) is 11.6 Å². The lowest BCUT2D eigenvalue weighted by molar-refractivity contribution is 0.585. The van der Waals surface area contributed by atoms with Crippen LogP contribution < -0.4 is 5.32 Å². The van der Waals surface area contributed by atoms with Gasteiger partial charge < -0.3 is 5.32 Å². The highest BCUT2D eigenvalue weighted by atomic mass is 79.9. The van der Waals surface area contributed by atoms with Crippen LogP contribution in [0.1, 0.15) is 5.56 Å². The topological polar surface area (TPSA) is 12.0 Å². The summed E-state index contributed by atoms with van der Waals surface area (Å²) in [4.78, 5) is 0. The molecule has 1 nitrogen and oxygen atoms in total. The van der Waals surface area contributed by atoms with Gasteiger partial charge in [0, 0.05) is 12.2 Å². The first kappa shape index (κ1) is 11.7. The summed E-state index contributed by atoms with van der Waals surface area (Å²) in [6.07, 6.45) is 0.889. The minimum atomic E-state index is -0.555. The van der Waals surface area contributed by atoms with Crippen LogP contribution in [0.5, 0.6) is 0 Å². The summed E-state index contributed by atoms with van der Waals surface area (Å²) >= 11 is 3.09. The molecule has 0 unspecified atom stereocenters. The number of rotatable bonds is 1. The second-order valence-electron chi connectivity index (χ2n) is 4.27. The van der Waals surface area contributed by atoms with Crippen LogP contribution in [-0.4, -0.2) is 6.54 Å². The van der Waals surface area contributed by atoms with Crippen molar-refractivity contribution < 1.29 is 8.78 Å². The molecule has 0 aromatic heterocycles. The Balaban J connectivity index is 2.18. The summed E-state index contributed by atoms with van der Waals surface area (Å²) in [6, 6.07) is 8.11. The molecular formula is C14H10BrF2N. The van der Waals surface area contributed by atoms with Gasteiger partial charge in [-0.15, -0.1) is 0 Å². The number of fused-ring (bicyclic) bond motifs is 1. The van der Waals surface area contributed by atoms with Gasteiger partial charge in [-0.1, -0.05) is 6.07 Å². The second kappa shape index (κ2) is 4.35. The molecule has 1 heterocycles. The fourth-order valence-corrected chi connectivity index (χ4v) is 2.58. The Morgan fingerprint density at radius 3 is 2.78 bits per heavy atom. The van der Waals surface area contributed by atoms with Gasteiger partial charge >= 0.3 is 0 Å². The molecule has 0 bridgehead atoms. The van der Waals surface area contributed by atoms with Crippen molar-refractivity contribution in [1.82, 2.24) is 0 Å². The fourth-order valence-electron chi connectivity index (χ4n) is 2.25. The van der Waals surface area contributed by atoms with E-state index in [0.29, 0.717) is 5.56 Å². The number of anilines is 1. The second-order valence-corrected chi connectivity index (χ2v) is 5.12. The molecule has 0 fully saturated rings. The minimum Gasteiger partial charge on any atom is -0.384 e. The summed E-state index contributed by atoms with van der Waals surface area (Å²) in [6.45, 7) is 0.877. The van der Waals surface area contributed by atoms with Crippen LogP contribution >= 0.6 is 15.9 Å². The molecule has 92 valence electrons. The van der Waals surface area contributed by atoms with Crippen LogP contribution in [0.15, 0.2) is 34.8 Å². The summed E-state index contributed by atoms with van der Waals surface area (Å²) in [5.41, 5.74) is 2.76. The zero-order valence-electron chi connectivity index (χ0n) is 9.43. The van der Waals surface area contributed by atoms with Gasteiger partial charge in [0.15, 0.2) is 0 Å². The van der Waals surface area contributed by atoms with Crippen LogP contribution in [-0.2, 0) is 6.42 Å². The van der Waals surface area contributed by atoms with E-state index in [9.17, 15) is 8.78 Å². The Morgan fingerprint density at radius 1 is 1.11 bits per heavy atom. The lowest BCUT2D eigenvalue weighted by Crippen LogP contribution is -1.92. The molecule has 1 aliphatic heterocycles. The molecule has 0 spiro atoms. The van der Waals surface area contributed by atoms with Crippen molar-refractivity contribution >= 4 is 21.6 Å². The van der Waals surface area contributed by atoms with E-state index in [1.807, 2.05) is 12.1 Å². The largest absolute Gasteiger partial charge is 0.384 e. The molecule has 18 heavy (non-hydrogen) atoms. The van der Waals surface area contributed by atoms with Crippen LogP contribution in [0.4, 0.5) is 14.5 Å². The lowest BCUT2D eigenvalue weighted by atomic mass is 10.0. The van der Waals surface area contributed by atoms with E-state index in [-0.39, 0.29) is 10.0 Å². The predicted molar refractivity (Wildman–Crippen MR) is 71.7 cm³/mol.